The summed E-state index contributed by atoms with van der Waals surface area (Å²) in [6, 6.07) is 1.83. The van der Waals surface area contributed by atoms with Crippen LogP contribution in [-0.2, 0) is 0 Å². The van der Waals surface area contributed by atoms with Crippen molar-refractivity contribution in [1.29, 1.82) is 0 Å². The van der Waals surface area contributed by atoms with E-state index in [1.807, 2.05) is 13.0 Å². The zero-order valence-electron chi connectivity index (χ0n) is 8.67. The number of hydrogen-bond donors (Lipinski definition) is 1. The molecule has 78 valence electrons. The fourth-order valence-electron chi connectivity index (χ4n) is 1.69. The molecule has 0 bridgehead atoms. The Hall–Kier alpha value is -1.03. The summed E-state index contributed by atoms with van der Waals surface area (Å²) >= 11 is 0. The highest BCUT2D eigenvalue weighted by Crippen LogP contribution is 2.26. The Kier molecular flexibility index (Phi) is 2.46. The van der Waals surface area contributed by atoms with Gasteiger partial charge in [-0.3, -0.25) is 0 Å². The number of ether oxygens (including phenoxy) is 1. The number of nitrogens with zero attached hydrogens (tertiary/aromatic N) is 1. The number of rotatable bonds is 2. The third kappa shape index (κ3) is 2.07. The van der Waals surface area contributed by atoms with Crippen molar-refractivity contribution in [2.75, 3.05) is 13.1 Å². The molecule has 1 aromatic heterocycles. The highest BCUT2D eigenvalue weighted by molar-refractivity contribution is 5.10. The van der Waals surface area contributed by atoms with E-state index in [0.717, 1.165) is 31.6 Å². The zero-order valence-corrected chi connectivity index (χ0v) is 8.67. The van der Waals surface area contributed by atoms with Crippen LogP contribution in [0.2, 0.25) is 0 Å². The molecule has 2 heterocycles. The van der Waals surface area contributed by atoms with Crippen molar-refractivity contribution in [2.24, 2.45) is 0 Å². The summed E-state index contributed by atoms with van der Waals surface area (Å²) in [5.41, 5.74) is 0.759. The fraction of sp³-hybridized carbons (Fsp3) is 0.700. The predicted molar refractivity (Wildman–Crippen MR) is 52.4 cm³/mol. The molecule has 0 radical (unpaired) electrons. The normalized spacial score (nSPS) is 20.7. The second-order valence-electron chi connectivity index (χ2n) is 4.09. The van der Waals surface area contributed by atoms with Gasteiger partial charge in [0.15, 0.2) is 0 Å². The van der Waals surface area contributed by atoms with Gasteiger partial charge in [0.05, 0.1) is 5.69 Å². The third-order valence-electron chi connectivity index (χ3n) is 2.61. The second kappa shape index (κ2) is 3.61. The van der Waals surface area contributed by atoms with Crippen LogP contribution < -0.4 is 10.1 Å². The van der Waals surface area contributed by atoms with Crippen molar-refractivity contribution in [2.45, 2.75) is 32.3 Å². The summed E-state index contributed by atoms with van der Waals surface area (Å²) in [6.45, 7) is 6.01. The largest absolute Gasteiger partial charge is 0.457 e. The van der Waals surface area contributed by atoms with Crippen molar-refractivity contribution in [3.05, 3.63) is 11.8 Å². The highest BCUT2D eigenvalue weighted by Gasteiger charge is 2.29. The lowest BCUT2D eigenvalue weighted by atomic mass is 9.95. The van der Waals surface area contributed by atoms with E-state index in [0.29, 0.717) is 5.95 Å². The maximum absolute atomic E-state index is 5.79. The first kappa shape index (κ1) is 9.52. The fourth-order valence-corrected chi connectivity index (χ4v) is 1.69. The smallest absolute Gasteiger partial charge is 0.311 e. The molecule has 1 aliphatic rings. The van der Waals surface area contributed by atoms with Gasteiger partial charge in [-0.05, 0) is 39.8 Å². The van der Waals surface area contributed by atoms with Crippen molar-refractivity contribution in [1.82, 2.24) is 10.5 Å². The molecule has 0 atom stereocenters. The number of hydrogen-bond acceptors (Lipinski definition) is 4. The van der Waals surface area contributed by atoms with Gasteiger partial charge in [-0.2, -0.15) is 0 Å². The minimum absolute atomic E-state index is 0.1000. The van der Waals surface area contributed by atoms with E-state index in [-0.39, 0.29) is 5.60 Å². The second-order valence-corrected chi connectivity index (χ2v) is 4.09. The van der Waals surface area contributed by atoms with E-state index >= 15 is 0 Å². The average Bonchev–Trinajstić information content (AvgIpc) is 2.51. The van der Waals surface area contributed by atoms with Crippen molar-refractivity contribution < 1.29 is 9.26 Å². The Bertz CT molecular complexity index is 303. The summed E-state index contributed by atoms with van der Waals surface area (Å²) in [7, 11) is 0. The number of nitrogens with one attached hydrogen (secondary N) is 1. The molecule has 0 saturated carbocycles. The standard InChI is InChI=1S/C10H16N2O2/c1-8-7-9(14-12-8)13-10(2)3-5-11-6-4-10/h7,11H,3-6H2,1-2H3. The van der Waals surface area contributed by atoms with E-state index in [4.69, 9.17) is 9.26 Å². The molecule has 1 aliphatic heterocycles. The van der Waals surface area contributed by atoms with Crippen LogP contribution in [0.4, 0.5) is 0 Å². The van der Waals surface area contributed by atoms with Crippen LogP contribution in [0.3, 0.4) is 0 Å². The summed E-state index contributed by atoms with van der Waals surface area (Å²) in [4.78, 5) is 0. The first-order chi connectivity index (χ1) is 6.68. The molecular formula is C10H16N2O2. The predicted octanol–water partition coefficient (Wildman–Crippen LogP) is 1.50. The minimum atomic E-state index is -0.1000. The Morgan fingerprint density at radius 3 is 2.79 bits per heavy atom. The molecular weight excluding hydrogens is 180 g/mol. The molecule has 2 rings (SSSR count). The topological polar surface area (TPSA) is 47.3 Å². The first-order valence-electron chi connectivity index (χ1n) is 5.01. The van der Waals surface area contributed by atoms with Crippen LogP contribution in [0.1, 0.15) is 25.5 Å². The van der Waals surface area contributed by atoms with Gasteiger partial charge in [0.25, 0.3) is 0 Å². The molecule has 4 nitrogen and oxygen atoms in total. The van der Waals surface area contributed by atoms with Crippen LogP contribution in [0.15, 0.2) is 10.6 Å². The van der Waals surface area contributed by atoms with Crippen molar-refractivity contribution in [3.63, 3.8) is 0 Å². The van der Waals surface area contributed by atoms with Crippen LogP contribution in [-0.4, -0.2) is 23.8 Å². The van der Waals surface area contributed by atoms with Gasteiger partial charge in [0.1, 0.15) is 5.60 Å². The molecule has 0 aromatic carbocycles. The highest BCUT2D eigenvalue weighted by atomic mass is 16.6. The molecule has 4 heteroatoms. The van der Waals surface area contributed by atoms with E-state index in [9.17, 15) is 0 Å². The molecule has 0 spiro atoms. The third-order valence-corrected chi connectivity index (χ3v) is 2.61. The van der Waals surface area contributed by atoms with Crippen molar-refractivity contribution >= 4 is 0 Å². The average molecular weight is 196 g/mol. The van der Waals surface area contributed by atoms with Gasteiger partial charge in [-0.1, -0.05) is 5.16 Å². The first-order valence-corrected chi connectivity index (χ1v) is 5.01. The van der Waals surface area contributed by atoms with Gasteiger partial charge < -0.3 is 14.6 Å². The van der Waals surface area contributed by atoms with Crippen LogP contribution >= 0.6 is 0 Å². The lowest BCUT2D eigenvalue weighted by molar-refractivity contribution is 0.0257. The molecule has 0 unspecified atom stereocenters. The molecule has 1 saturated heterocycles. The van der Waals surface area contributed by atoms with Gasteiger partial charge in [-0.25, -0.2) is 0 Å². The SMILES string of the molecule is Cc1cc(OC2(C)CCNCC2)on1. The Balaban J connectivity index is 2.01. The van der Waals surface area contributed by atoms with E-state index in [2.05, 4.69) is 17.4 Å². The van der Waals surface area contributed by atoms with Gasteiger partial charge in [0.2, 0.25) is 0 Å². The molecule has 0 aliphatic carbocycles. The Labute approximate surface area is 83.6 Å². The molecule has 0 amide bonds. The molecule has 1 N–H and O–H groups in total. The van der Waals surface area contributed by atoms with Crippen LogP contribution in [0.5, 0.6) is 5.95 Å². The maximum Gasteiger partial charge on any atom is 0.311 e. The van der Waals surface area contributed by atoms with Crippen LogP contribution in [0, 0.1) is 6.92 Å². The quantitative estimate of drug-likeness (QED) is 0.778. The maximum atomic E-state index is 5.79. The van der Waals surface area contributed by atoms with E-state index < -0.39 is 0 Å². The number of aryl methyl sites for hydroxylation is 1. The Morgan fingerprint density at radius 2 is 2.21 bits per heavy atom. The van der Waals surface area contributed by atoms with E-state index in [1.165, 1.54) is 0 Å². The van der Waals surface area contributed by atoms with Crippen LogP contribution in [0.25, 0.3) is 0 Å². The van der Waals surface area contributed by atoms with Crippen molar-refractivity contribution in [3.8, 4) is 5.95 Å². The molecule has 1 aromatic rings. The summed E-state index contributed by atoms with van der Waals surface area (Å²) in [5.74, 6) is 0.534. The van der Waals surface area contributed by atoms with E-state index in [1.54, 1.807) is 0 Å². The monoisotopic (exact) mass is 196 g/mol. The van der Waals surface area contributed by atoms with Gasteiger partial charge >= 0.3 is 5.95 Å². The minimum Gasteiger partial charge on any atom is -0.457 e. The van der Waals surface area contributed by atoms with Gasteiger partial charge in [0, 0.05) is 6.07 Å². The Morgan fingerprint density at radius 1 is 1.50 bits per heavy atom. The lowest BCUT2D eigenvalue weighted by Gasteiger charge is -2.33. The summed E-state index contributed by atoms with van der Waals surface area (Å²) < 4.78 is 10.8. The number of piperidine rings is 1. The lowest BCUT2D eigenvalue weighted by Crippen LogP contribution is -2.43. The summed E-state index contributed by atoms with van der Waals surface area (Å²) in [6.07, 6.45) is 2.01. The van der Waals surface area contributed by atoms with Gasteiger partial charge in [-0.15, -0.1) is 0 Å². The molecule has 14 heavy (non-hydrogen) atoms. The zero-order chi connectivity index (χ0) is 10.0. The summed E-state index contributed by atoms with van der Waals surface area (Å²) in [5, 5.41) is 7.10. The number of aromatic nitrogens is 1. The molecule has 1 fully saturated rings.